The van der Waals surface area contributed by atoms with E-state index >= 15 is 0 Å². The molecule has 0 aromatic heterocycles. The number of hydrogen-bond acceptors (Lipinski definition) is 4. The van der Waals surface area contributed by atoms with Crippen LogP contribution in [0.3, 0.4) is 0 Å². The van der Waals surface area contributed by atoms with E-state index in [1.54, 1.807) is 0 Å². The molecule has 1 aliphatic heterocycles. The Hall–Kier alpha value is -0.900. The van der Waals surface area contributed by atoms with Gasteiger partial charge in [-0.05, 0) is 87.4 Å². The highest BCUT2D eigenvalue weighted by molar-refractivity contribution is 5.84. The first-order chi connectivity index (χ1) is 14.7. The van der Waals surface area contributed by atoms with E-state index in [4.69, 9.17) is 9.47 Å². The van der Waals surface area contributed by atoms with Gasteiger partial charge in [0, 0.05) is 24.2 Å². The van der Waals surface area contributed by atoms with Crippen LogP contribution in [0.5, 0.6) is 0 Å². The second kappa shape index (κ2) is 6.36. The molecule has 0 bridgehead atoms. The molecule has 1 saturated heterocycles. The van der Waals surface area contributed by atoms with E-state index in [2.05, 4.69) is 13.8 Å². The zero-order chi connectivity index (χ0) is 21.8. The van der Waals surface area contributed by atoms with Crippen molar-refractivity contribution in [2.45, 2.75) is 116 Å². The van der Waals surface area contributed by atoms with Gasteiger partial charge >= 0.3 is 5.97 Å². The number of esters is 1. The number of ketones is 1. The number of hydrogen-bond donors (Lipinski definition) is 0. The lowest BCUT2D eigenvalue weighted by atomic mass is 9.42. The minimum absolute atomic E-state index is 0.0244. The van der Waals surface area contributed by atoms with Gasteiger partial charge in [-0.2, -0.15) is 0 Å². The van der Waals surface area contributed by atoms with Gasteiger partial charge in [0.15, 0.2) is 0 Å². The lowest BCUT2D eigenvalue weighted by Gasteiger charge is -2.61. The lowest BCUT2D eigenvalue weighted by molar-refractivity contribution is -0.163. The molecule has 172 valence electrons. The van der Waals surface area contributed by atoms with E-state index in [1.165, 1.54) is 45.4 Å². The number of rotatable bonds is 2. The summed E-state index contributed by atoms with van der Waals surface area (Å²) < 4.78 is 12.2. The molecule has 6 aliphatic rings. The van der Waals surface area contributed by atoms with Crippen molar-refractivity contribution in [1.29, 1.82) is 0 Å². The molecule has 6 fully saturated rings. The van der Waals surface area contributed by atoms with Crippen LogP contribution in [-0.2, 0) is 19.1 Å². The topological polar surface area (TPSA) is 55.9 Å². The monoisotopic (exact) mass is 428 g/mol. The summed E-state index contributed by atoms with van der Waals surface area (Å²) >= 11 is 0. The van der Waals surface area contributed by atoms with E-state index in [-0.39, 0.29) is 33.9 Å². The molecule has 0 N–H and O–H groups in total. The largest absolute Gasteiger partial charge is 0.462 e. The van der Waals surface area contributed by atoms with E-state index in [0.29, 0.717) is 35.6 Å². The zero-order valence-corrected chi connectivity index (χ0v) is 19.9. The van der Waals surface area contributed by atoms with Crippen molar-refractivity contribution in [1.82, 2.24) is 0 Å². The van der Waals surface area contributed by atoms with Crippen molar-refractivity contribution in [3.05, 3.63) is 0 Å². The van der Waals surface area contributed by atoms with Crippen LogP contribution in [0, 0.1) is 39.9 Å². The van der Waals surface area contributed by atoms with Crippen LogP contribution in [0.25, 0.3) is 0 Å². The average molecular weight is 429 g/mol. The first-order valence-electron chi connectivity index (χ1n) is 13.0. The highest BCUT2D eigenvalue weighted by Crippen LogP contribution is 2.77. The third-order valence-electron chi connectivity index (χ3n) is 12.0. The van der Waals surface area contributed by atoms with Crippen molar-refractivity contribution < 1.29 is 19.1 Å². The van der Waals surface area contributed by atoms with Gasteiger partial charge in [-0.25, -0.2) is 0 Å². The summed E-state index contributed by atoms with van der Waals surface area (Å²) in [6, 6.07) is 0. The lowest BCUT2D eigenvalue weighted by Crippen LogP contribution is -2.60. The average Bonchev–Trinajstić information content (AvgIpc) is 3.33. The van der Waals surface area contributed by atoms with Gasteiger partial charge in [-0.15, -0.1) is 0 Å². The predicted molar refractivity (Wildman–Crippen MR) is 117 cm³/mol. The van der Waals surface area contributed by atoms with E-state index in [1.807, 2.05) is 6.92 Å². The van der Waals surface area contributed by atoms with Gasteiger partial charge in [0.25, 0.3) is 0 Å². The highest BCUT2D eigenvalue weighted by Gasteiger charge is 2.78. The molecule has 0 unspecified atom stereocenters. The van der Waals surface area contributed by atoms with Gasteiger partial charge in [0.1, 0.15) is 17.5 Å². The molecule has 5 saturated carbocycles. The molecule has 10 atom stereocenters. The molecule has 0 aromatic rings. The Morgan fingerprint density at radius 3 is 2.42 bits per heavy atom. The third-order valence-corrected chi connectivity index (χ3v) is 12.0. The Labute approximate surface area is 187 Å². The minimum Gasteiger partial charge on any atom is -0.462 e. The van der Waals surface area contributed by atoms with Crippen LogP contribution in [0.2, 0.25) is 0 Å². The van der Waals surface area contributed by atoms with Crippen molar-refractivity contribution in [3.63, 3.8) is 0 Å². The Balaban J connectivity index is 1.33. The Bertz CT molecular complexity index is 822. The van der Waals surface area contributed by atoms with Crippen LogP contribution in [-0.4, -0.2) is 29.6 Å². The van der Waals surface area contributed by atoms with E-state index in [9.17, 15) is 9.59 Å². The molecule has 0 aromatic carbocycles. The fraction of sp³-hybridized carbons (Fsp3) is 0.926. The third kappa shape index (κ3) is 2.36. The Morgan fingerprint density at radius 1 is 0.903 bits per heavy atom. The standard InChI is InChI=1S/C27H40O4/c1-16(28)26-10-6-5-7-18(26)13-22-20-14-23-27(31-23)15-19(30-17(2)29)8-11-25(27,4)21(20)9-12-24(22,26)3/h18-23H,5-15H2,1-4H3/t18-,19+,20+,21+,22+,23-,24-,25+,26+,27-/m0/s1. The van der Waals surface area contributed by atoms with Crippen LogP contribution in [0.15, 0.2) is 0 Å². The molecule has 0 radical (unpaired) electrons. The van der Waals surface area contributed by atoms with Crippen LogP contribution >= 0.6 is 0 Å². The molecular weight excluding hydrogens is 388 g/mol. The summed E-state index contributed by atoms with van der Waals surface area (Å²) in [4.78, 5) is 24.8. The molecule has 31 heavy (non-hydrogen) atoms. The number of carbonyl (C=O) groups is 2. The van der Waals surface area contributed by atoms with Gasteiger partial charge in [0.05, 0.1) is 6.10 Å². The van der Waals surface area contributed by atoms with Crippen LogP contribution in [0.1, 0.15) is 98.3 Å². The van der Waals surface area contributed by atoms with Gasteiger partial charge in [-0.3, -0.25) is 9.59 Å². The summed E-state index contributed by atoms with van der Waals surface area (Å²) in [5, 5.41) is 0. The summed E-state index contributed by atoms with van der Waals surface area (Å²) in [6.45, 7) is 8.45. The quantitative estimate of drug-likeness (QED) is 0.432. The molecule has 4 heteroatoms. The summed E-state index contributed by atoms with van der Waals surface area (Å²) in [5.41, 5.74) is 0.235. The fourth-order valence-electron chi connectivity index (χ4n) is 10.8. The van der Waals surface area contributed by atoms with Crippen molar-refractivity contribution in [3.8, 4) is 0 Å². The maximum absolute atomic E-state index is 13.2. The first kappa shape index (κ1) is 20.7. The summed E-state index contributed by atoms with van der Waals surface area (Å²) in [6.07, 6.45) is 13.1. The van der Waals surface area contributed by atoms with Crippen molar-refractivity contribution in [2.24, 2.45) is 39.9 Å². The maximum atomic E-state index is 13.2. The first-order valence-corrected chi connectivity index (χ1v) is 13.0. The Kier molecular flexibility index (Phi) is 4.25. The maximum Gasteiger partial charge on any atom is 0.302 e. The summed E-state index contributed by atoms with van der Waals surface area (Å²) in [5.74, 6) is 2.98. The normalized spacial score (nSPS) is 56.9. The molecular formula is C27H40O4. The van der Waals surface area contributed by atoms with Gasteiger partial charge in [-0.1, -0.05) is 26.7 Å². The van der Waals surface area contributed by atoms with E-state index < -0.39 is 0 Å². The number of ether oxygens (including phenoxy) is 2. The number of epoxide rings is 1. The van der Waals surface area contributed by atoms with Gasteiger partial charge in [0.2, 0.25) is 0 Å². The smallest absolute Gasteiger partial charge is 0.302 e. The highest BCUT2D eigenvalue weighted by atomic mass is 16.6. The zero-order valence-electron chi connectivity index (χ0n) is 19.9. The Morgan fingerprint density at radius 2 is 1.68 bits per heavy atom. The molecule has 0 amide bonds. The molecule has 6 rings (SSSR count). The van der Waals surface area contributed by atoms with E-state index in [0.717, 1.165) is 32.1 Å². The second-order valence-electron chi connectivity index (χ2n) is 12.7. The van der Waals surface area contributed by atoms with Gasteiger partial charge < -0.3 is 9.47 Å². The van der Waals surface area contributed by atoms with Crippen LogP contribution < -0.4 is 0 Å². The van der Waals surface area contributed by atoms with Crippen molar-refractivity contribution >= 4 is 11.8 Å². The van der Waals surface area contributed by atoms with Crippen LogP contribution in [0.4, 0.5) is 0 Å². The molecule has 1 spiro atoms. The number of Topliss-reactive ketones (excluding diaryl/α,β-unsaturated/α-hetero) is 1. The second-order valence-corrected chi connectivity index (χ2v) is 12.7. The fourth-order valence-corrected chi connectivity index (χ4v) is 10.8. The molecule has 5 aliphatic carbocycles. The predicted octanol–water partition coefficient (Wildman–Crippen LogP) is 5.47. The number of fused-ring (bicyclic) bond motifs is 6. The van der Waals surface area contributed by atoms with Crippen molar-refractivity contribution in [2.75, 3.05) is 0 Å². The minimum atomic E-state index is -0.160. The number of carbonyl (C=O) groups excluding carboxylic acids is 2. The molecule has 4 nitrogen and oxygen atoms in total. The SMILES string of the molecule is CC(=O)O[C@@H]1CC[C@]2(C)[C@@H]3CC[C@@]4(C)[C@H](C[C@@H]5CCCC[C@@]54C(C)=O)[C@@H]3C[C@@H]3O[C@@]32C1. The molecule has 1 heterocycles. The summed E-state index contributed by atoms with van der Waals surface area (Å²) in [7, 11) is 0.